The fourth-order valence-corrected chi connectivity index (χ4v) is 3.06. The Labute approximate surface area is 142 Å². The number of ether oxygens (including phenoxy) is 1. The Morgan fingerprint density at radius 1 is 1.33 bits per heavy atom. The van der Waals surface area contributed by atoms with Gasteiger partial charge in [0.2, 0.25) is 0 Å². The van der Waals surface area contributed by atoms with Crippen LogP contribution in [0.4, 0.5) is 10.1 Å². The third kappa shape index (κ3) is 4.68. The Morgan fingerprint density at radius 3 is 2.62 bits per heavy atom. The molecule has 1 aliphatic heterocycles. The predicted octanol–water partition coefficient (Wildman–Crippen LogP) is 2.19. The molecular weight excluding hydrogens is 311 g/mol. The van der Waals surface area contributed by atoms with Crippen LogP contribution in [-0.2, 0) is 4.74 Å². The number of morpholine rings is 1. The quantitative estimate of drug-likeness (QED) is 0.800. The molecule has 6 heteroatoms. The molecule has 5 nitrogen and oxygen atoms in total. The Bertz CT molecular complexity index is 543. The SMILES string of the molecule is CCC(CC)[C@@H](O)CNC(=O)c1cc(F)ccc1N1CCOCC1. The first-order valence-corrected chi connectivity index (χ1v) is 8.65. The second-order valence-corrected chi connectivity index (χ2v) is 6.11. The second kappa shape index (κ2) is 8.99. The molecule has 1 amide bonds. The van der Waals surface area contributed by atoms with Gasteiger partial charge in [0.15, 0.2) is 0 Å². The highest BCUT2D eigenvalue weighted by Gasteiger charge is 2.21. The maximum atomic E-state index is 13.6. The van der Waals surface area contributed by atoms with E-state index in [1.807, 2.05) is 18.7 Å². The first kappa shape index (κ1) is 18.7. The summed E-state index contributed by atoms with van der Waals surface area (Å²) in [5.41, 5.74) is 1.00. The molecule has 0 bridgehead atoms. The van der Waals surface area contributed by atoms with Gasteiger partial charge in [-0.25, -0.2) is 4.39 Å². The van der Waals surface area contributed by atoms with E-state index in [2.05, 4.69) is 5.32 Å². The zero-order chi connectivity index (χ0) is 17.5. The monoisotopic (exact) mass is 338 g/mol. The van der Waals surface area contributed by atoms with Gasteiger partial charge in [-0.15, -0.1) is 0 Å². The molecule has 1 aliphatic rings. The Kier molecular flexibility index (Phi) is 6.99. The number of rotatable bonds is 7. The van der Waals surface area contributed by atoms with E-state index in [-0.39, 0.29) is 18.4 Å². The Morgan fingerprint density at radius 2 is 2.00 bits per heavy atom. The van der Waals surface area contributed by atoms with Gasteiger partial charge < -0.3 is 20.1 Å². The van der Waals surface area contributed by atoms with Crippen LogP contribution in [0.25, 0.3) is 0 Å². The summed E-state index contributed by atoms with van der Waals surface area (Å²) in [6, 6.07) is 4.25. The van der Waals surface area contributed by atoms with Crippen molar-refractivity contribution >= 4 is 11.6 Å². The molecular formula is C18H27FN2O3. The summed E-state index contributed by atoms with van der Waals surface area (Å²) in [6.07, 6.45) is 1.11. The summed E-state index contributed by atoms with van der Waals surface area (Å²) in [5.74, 6) is -0.657. The van der Waals surface area contributed by atoms with E-state index >= 15 is 0 Å². The van der Waals surface area contributed by atoms with Crippen molar-refractivity contribution < 1.29 is 19.0 Å². The largest absolute Gasteiger partial charge is 0.391 e. The van der Waals surface area contributed by atoms with Crippen LogP contribution in [-0.4, -0.2) is 50.0 Å². The summed E-state index contributed by atoms with van der Waals surface area (Å²) in [5, 5.41) is 12.9. The number of nitrogens with one attached hydrogen (secondary N) is 1. The first-order chi connectivity index (χ1) is 11.6. The molecule has 0 aromatic heterocycles. The maximum absolute atomic E-state index is 13.6. The minimum Gasteiger partial charge on any atom is -0.391 e. The van der Waals surface area contributed by atoms with Crippen molar-refractivity contribution in [2.24, 2.45) is 5.92 Å². The second-order valence-electron chi connectivity index (χ2n) is 6.11. The molecule has 1 saturated heterocycles. The van der Waals surface area contributed by atoms with E-state index in [1.54, 1.807) is 6.07 Å². The molecule has 1 heterocycles. The van der Waals surface area contributed by atoms with Gasteiger partial charge in [-0.3, -0.25) is 4.79 Å². The van der Waals surface area contributed by atoms with Crippen LogP contribution >= 0.6 is 0 Å². The lowest BCUT2D eigenvalue weighted by Crippen LogP contribution is -2.39. The van der Waals surface area contributed by atoms with Gasteiger partial charge in [0.05, 0.1) is 24.9 Å². The fraction of sp³-hybridized carbons (Fsp3) is 0.611. The summed E-state index contributed by atoms with van der Waals surface area (Å²) in [4.78, 5) is 14.5. The summed E-state index contributed by atoms with van der Waals surface area (Å²) in [6.45, 7) is 6.72. The molecule has 1 fully saturated rings. The number of hydrogen-bond acceptors (Lipinski definition) is 4. The number of carbonyl (C=O) groups excluding carboxylic acids is 1. The van der Waals surface area contributed by atoms with Crippen molar-refractivity contribution in [1.29, 1.82) is 0 Å². The van der Waals surface area contributed by atoms with Crippen LogP contribution in [0.3, 0.4) is 0 Å². The average Bonchev–Trinajstić information content (AvgIpc) is 2.61. The smallest absolute Gasteiger partial charge is 0.253 e. The van der Waals surface area contributed by atoms with Crippen LogP contribution in [0, 0.1) is 11.7 Å². The van der Waals surface area contributed by atoms with Crippen molar-refractivity contribution in [3.8, 4) is 0 Å². The third-order valence-corrected chi connectivity index (χ3v) is 4.62. The molecule has 24 heavy (non-hydrogen) atoms. The lowest BCUT2D eigenvalue weighted by atomic mass is 9.96. The zero-order valence-corrected chi connectivity index (χ0v) is 14.4. The van der Waals surface area contributed by atoms with Crippen LogP contribution in [0.1, 0.15) is 37.0 Å². The normalized spacial score (nSPS) is 16.3. The highest BCUT2D eigenvalue weighted by atomic mass is 19.1. The van der Waals surface area contributed by atoms with Crippen LogP contribution in [0.5, 0.6) is 0 Å². The van der Waals surface area contributed by atoms with Crippen molar-refractivity contribution in [2.75, 3.05) is 37.7 Å². The number of aliphatic hydroxyl groups excluding tert-OH is 1. The minimum atomic E-state index is -0.593. The van der Waals surface area contributed by atoms with Crippen LogP contribution in [0.15, 0.2) is 18.2 Å². The highest BCUT2D eigenvalue weighted by molar-refractivity contribution is 5.99. The molecule has 2 rings (SSSR count). The molecule has 2 N–H and O–H groups in total. The molecule has 1 aromatic rings. The zero-order valence-electron chi connectivity index (χ0n) is 14.4. The molecule has 1 aromatic carbocycles. The van der Waals surface area contributed by atoms with Crippen molar-refractivity contribution in [3.05, 3.63) is 29.6 Å². The Balaban J connectivity index is 2.09. The maximum Gasteiger partial charge on any atom is 0.253 e. The van der Waals surface area contributed by atoms with Gasteiger partial charge in [-0.05, 0) is 24.1 Å². The number of benzene rings is 1. The average molecular weight is 338 g/mol. The van der Waals surface area contributed by atoms with E-state index in [4.69, 9.17) is 4.74 Å². The predicted molar refractivity (Wildman–Crippen MR) is 91.8 cm³/mol. The van der Waals surface area contributed by atoms with Gasteiger partial charge in [-0.2, -0.15) is 0 Å². The Hall–Kier alpha value is -1.66. The molecule has 134 valence electrons. The molecule has 0 aliphatic carbocycles. The van der Waals surface area contributed by atoms with Gasteiger partial charge in [0.25, 0.3) is 5.91 Å². The van der Waals surface area contributed by atoms with E-state index in [0.29, 0.717) is 37.6 Å². The lowest BCUT2D eigenvalue weighted by molar-refractivity contribution is 0.0816. The first-order valence-electron chi connectivity index (χ1n) is 8.65. The molecule has 0 unspecified atom stereocenters. The molecule has 0 radical (unpaired) electrons. The van der Waals surface area contributed by atoms with E-state index in [9.17, 15) is 14.3 Å². The third-order valence-electron chi connectivity index (χ3n) is 4.62. The molecule has 0 saturated carbocycles. The number of halogens is 1. The number of hydrogen-bond donors (Lipinski definition) is 2. The number of anilines is 1. The number of aliphatic hydroxyl groups is 1. The number of amides is 1. The van der Waals surface area contributed by atoms with E-state index < -0.39 is 11.9 Å². The van der Waals surface area contributed by atoms with Crippen LogP contribution in [0.2, 0.25) is 0 Å². The minimum absolute atomic E-state index is 0.150. The fourth-order valence-electron chi connectivity index (χ4n) is 3.06. The van der Waals surface area contributed by atoms with E-state index in [0.717, 1.165) is 12.8 Å². The van der Waals surface area contributed by atoms with Gasteiger partial charge in [0.1, 0.15) is 5.82 Å². The topological polar surface area (TPSA) is 61.8 Å². The standard InChI is InChI=1S/C18H27FN2O3/c1-3-13(4-2)17(22)12-20-18(23)15-11-14(19)5-6-16(15)21-7-9-24-10-8-21/h5-6,11,13,17,22H,3-4,7-10,12H2,1-2H3,(H,20,23)/t17-/m0/s1. The highest BCUT2D eigenvalue weighted by Crippen LogP contribution is 2.23. The van der Waals surface area contributed by atoms with Crippen molar-refractivity contribution in [2.45, 2.75) is 32.8 Å². The molecule has 1 atom stereocenters. The summed E-state index contributed by atoms with van der Waals surface area (Å²) in [7, 11) is 0. The van der Waals surface area contributed by atoms with Crippen molar-refractivity contribution in [1.82, 2.24) is 5.32 Å². The lowest BCUT2D eigenvalue weighted by Gasteiger charge is -2.30. The van der Waals surface area contributed by atoms with Gasteiger partial charge in [0, 0.05) is 25.3 Å². The van der Waals surface area contributed by atoms with Crippen LogP contribution < -0.4 is 10.2 Å². The molecule has 0 spiro atoms. The van der Waals surface area contributed by atoms with Crippen molar-refractivity contribution in [3.63, 3.8) is 0 Å². The number of nitrogens with zero attached hydrogens (tertiary/aromatic N) is 1. The number of carbonyl (C=O) groups is 1. The van der Waals surface area contributed by atoms with Gasteiger partial charge >= 0.3 is 0 Å². The summed E-state index contributed by atoms with van der Waals surface area (Å²) < 4.78 is 19.0. The van der Waals surface area contributed by atoms with E-state index in [1.165, 1.54) is 12.1 Å². The summed E-state index contributed by atoms with van der Waals surface area (Å²) >= 11 is 0. The van der Waals surface area contributed by atoms with Gasteiger partial charge in [-0.1, -0.05) is 26.7 Å².